The van der Waals surface area contributed by atoms with Crippen LogP contribution >= 0.6 is 11.3 Å². The Labute approximate surface area is 115 Å². The molecule has 19 heavy (non-hydrogen) atoms. The van der Waals surface area contributed by atoms with Gasteiger partial charge < -0.3 is 4.57 Å². The van der Waals surface area contributed by atoms with Crippen LogP contribution in [0.1, 0.15) is 15.6 Å². The Bertz CT molecular complexity index is 685. The maximum Gasteiger partial charge on any atom is 0.141 e. The van der Waals surface area contributed by atoms with Crippen LogP contribution in [0.15, 0.2) is 36.9 Å². The monoisotopic (exact) mass is 270 g/mol. The molecule has 0 aliphatic carbocycles. The maximum atomic E-state index is 4.47. The topological polar surface area (TPSA) is 43.6 Å². The molecule has 0 saturated heterocycles. The van der Waals surface area contributed by atoms with Gasteiger partial charge in [0, 0.05) is 35.2 Å². The Hall–Kier alpha value is -2.01. The van der Waals surface area contributed by atoms with Crippen molar-refractivity contribution in [2.45, 2.75) is 20.4 Å². The molecule has 0 spiro atoms. The first-order valence-corrected chi connectivity index (χ1v) is 6.90. The highest BCUT2D eigenvalue weighted by atomic mass is 32.1. The lowest BCUT2D eigenvalue weighted by Gasteiger charge is -2.06. The summed E-state index contributed by atoms with van der Waals surface area (Å²) < 4.78 is 2.14. The van der Waals surface area contributed by atoms with Crippen LogP contribution in [0.25, 0.3) is 11.4 Å². The molecular formula is C14H14N4S. The zero-order chi connectivity index (χ0) is 13.2. The molecule has 4 nitrogen and oxygen atoms in total. The third-order valence-corrected chi connectivity index (χ3v) is 4.01. The van der Waals surface area contributed by atoms with Gasteiger partial charge in [0.25, 0.3) is 0 Å². The van der Waals surface area contributed by atoms with Crippen molar-refractivity contribution in [3.8, 4) is 11.4 Å². The van der Waals surface area contributed by atoms with Crippen molar-refractivity contribution in [2.75, 3.05) is 0 Å². The van der Waals surface area contributed by atoms with Gasteiger partial charge in [-0.15, -0.1) is 11.3 Å². The van der Waals surface area contributed by atoms with Gasteiger partial charge in [0.1, 0.15) is 5.82 Å². The zero-order valence-corrected chi connectivity index (χ0v) is 11.7. The highest BCUT2D eigenvalue weighted by molar-refractivity contribution is 7.11. The average Bonchev–Trinajstić information content (AvgIpc) is 2.98. The molecule has 3 rings (SSSR count). The summed E-state index contributed by atoms with van der Waals surface area (Å²) >= 11 is 1.74. The molecule has 0 amide bonds. The third-order valence-electron chi connectivity index (χ3n) is 2.95. The van der Waals surface area contributed by atoms with Crippen LogP contribution in [0, 0.1) is 13.8 Å². The van der Waals surface area contributed by atoms with Crippen molar-refractivity contribution >= 4 is 11.3 Å². The van der Waals surface area contributed by atoms with E-state index in [1.54, 1.807) is 17.5 Å². The number of nitrogens with zero attached hydrogens (tertiary/aromatic N) is 4. The van der Waals surface area contributed by atoms with Crippen LogP contribution in [-0.4, -0.2) is 19.5 Å². The number of pyridine rings is 1. The normalized spacial score (nSPS) is 10.8. The van der Waals surface area contributed by atoms with Crippen molar-refractivity contribution in [1.82, 2.24) is 19.5 Å². The smallest absolute Gasteiger partial charge is 0.141 e. The van der Waals surface area contributed by atoms with Crippen molar-refractivity contribution in [2.24, 2.45) is 0 Å². The van der Waals surface area contributed by atoms with Gasteiger partial charge in [-0.05, 0) is 26.0 Å². The van der Waals surface area contributed by atoms with Gasteiger partial charge in [-0.2, -0.15) is 0 Å². The number of hydrogen-bond acceptors (Lipinski definition) is 4. The molecule has 0 aromatic carbocycles. The number of imidazole rings is 1. The number of aryl methyl sites for hydroxylation is 2. The molecule has 0 aliphatic rings. The van der Waals surface area contributed by atoms with Crippen LogP contribution < -0.4 is 0 Å². The van der Waals surface area contributed by atoms with Crippen LogP contribution in [0.5, 0.6) is 0 Å². The van der Waals surface area contributed by atoms with Crippen LogP contribution in [0.3, 0.4) is 0 Å². The van der Waals surface area contributed by atoms with E-state index in [-0.39, 0.29) is 0 Å². The van der Waals surface area contributed by atoms with E-state index in [1.165, 1.54) is 4.88 Å². The van der Waals surface area contributed by atoms with Crippen molar-refractivity contribution in [3.63, 3.8) is 0 Å². The van der Waals surface area contributed by atoms with E-state index in [9.17, 15) is 0 Å². The lowest BCUT2D eigenvalue weighted by molar-refractivity contribution is 0.811. The average molecular weight is 270 g/mol. The Morgan fingerprint density at radius 1 is 1.26 bits per heavy atom. The largest absolute Gasteiger partial charge is 0.326 e. The summed E-state index contributed by atoms with van der Waals surface area (Å²) in [5, 5.41) is 1.11. The molecule has 3 aromatic heterocycles. The first-order chi connectivity index (χ1) is 9.24. The van der Waals surface area contributed by atoms with Gasteiger partial charge in [-0.1, -0.05) is 0 Å². The van der Waals surface area contributed by atoms with E-state index in [0.29, 0.717) is 0 Å². The van der Waals surface area contributed by atoms with Crippen molar-refractivity contribution < 1.29 is 0 Å². The third kappa shape index (κ3) is 2.42. The second-order valence-corrected chi connectivity index (χ2v) is 5.65. The molecule has 96 valence electrons. The maximum absolute atomic E-state index is 4.47. The van der Waals surface area contributed by atoms with E-state index < -0.39 is 0 Å². The minimum Gasteiger partial charge on any atom is -0.326 e. The molecule has 0 saturated carbocycles. The van der Waals surface area contributed by atoms with E-state index in [0.717, 1.165) is 28.6 Å². The fraction of sp³-hybridized carbons (Fsp3) is 0.214. The van der Waals surface area contributed by atoms with Crippen molar-refractivity contribution in [1.29, 1.82) is 0 Å². The standard InChI is InChI=1S/C14H14N4S/c1-10-13(19-11(2)17-10)9-18-7-6-16-14(18)12-4-3-5-15-8-12/h3-8H,9H2,1-2H3. The first kappa shape index (κ1) is 12.0. The highest BCUT2D eigenvalue weighted by Gasteiger charge is 2.10. The Balaban J connectivity index is 1.95. The summed E-state index contributed by atoms with van der Waals surface area (Å²) in [5.41, 5.74) is 2.14. The minimum atomic E-state index is 0.807. The molecule has 3 aromatic rings. The fourth-order valence-corrected chi connectivity index (χ4v) is 3.00. The summed E-state index contributed by atoms with van der Waals surface area (Å²) in [4.78, 5) is 14.3. The second-order valence-electron chi connectivity index (χ2n) is 4.36. The molecule has 0 unspecified atom stereocenters. The van der Waals surface area contributed by atoms with Crippen LogP contribution in [0.2, 0.25) is 0 Å². The van der Waals surface area contributed by atoms with Gasteiger partial charge in [-0.3, -0.25) is 4.98 Å². The number of aromatic nitrogens is 4. The van der Waals surface area contributed by atoms with E-state index in [1.807, 2.05) is 37.6 Å². The van der Waals surface area contributed by atoms with Gasteiger partial charge in [0.2, 0.25) is 0 Å². The first-order valence-electron chi connectivity index (χ1n) is 6.08. The van der Waals surface area contributed by atoms with Gasteiger partial charge >= 0.3 is 0 Å². The highest BCUT2D eigenvalue weighted by Crippen LogP contribution is 2.22. The predicted octanol–water partition coefficient (Wildman–Crippen LogP) is 3.07. The number of thiazole rings is 1. The van der Waals surface area contributed by atoms with E-state index in [4.69, 9.17) is 0 Å². The fourth-order valence-electron chi connectivity index (χ4n) is 2.07. The summed E-state index contributed by atoms with van der Waals surface area (Å²) in [6.07, 6.45) is 7.43. The number of hydrogen-bond donors (Lipinski definition) is 0. The molecule has 0 bridgehead atoms. The van der Waals surface area contributed by atoms with E-state index >= 15 is 0 Å². The SMILES string of the molecule is Cc1nc(C)c(Cn2ccnc2-c2cccnc2)s1. The quantitative estimate of drug-likeness (QED) is 0.734. The molecule has 0 atom stereocenters. The van der Waals surface area contributed by atoms with Crippen molar-refractivity contribution in [3.05, 3.63) is 52.5 Å². The second kappa shape index (κ2) is 4.93. The molecule has 0 N–H and O–H groups in total. The minimum absolute atomic E-state index is 0.807. The molecule has 5 heteroatoms. The molecule has 0 fully saturated rings. The summed E-state index contributed by atoms with van der Waals surface area (Å²) in [7, 11) is 0. The summed E-state index contributed by atoms with van der Waals surface area (Å²) in [6.45, 7) is 4.90. The zero-order valence-electron chi connectivity index (χ0n) is 10.9. The molecule has 3 heterocycles. The van der Waals surface area contributed by atoms with Gasteiger partial charge in [0.05, 0.1) is 17.2 Å². The summed E-state index contributed by atoms with van der Waals surface area (Å²) in [5.74, 6) is 0.943. The van der Waals surface area contributed by atoms with E-state index in [2.05, 4.69) is 26.4 Å². The Morgan fingerprint density at radius 2 is 2.16 bits per heavy atom. The molecular weight excluding hydrogens is 256 g/mol. The lowest BCUT2D eigenvalue weighted by atomic mass is 10.2. The molecule has 0 aliphatic heterocycles. The summed E-state index contributed by atoms with van der Waals surface area (Å²) in [6, 6.07) is 3.95. The van der Waals surface area contributed by atoms with Crippen LogP contribution in [0.4, 0.5) is 0 Å². The van der Waals surface area contributed by atoms with Gasteiger partial charge in [-0.25, -0.2) is 9.97 Å². The Kier molecular flexibility index (Phi) is 3.13. The predicted molar refractivity (Wildman–Crippen MR) is 76.1 cm³/mol. The lowest BCUT2D eigenvalue weighted by Crippen LogP contribution is -2.01. The van der Waals surface area contributed by atoms with Crippen LogP contribution in [-0.2, 0) is 6.54 Å². The number of rotatable bonds is 3. The Morgan fingerprint density at radius 3 is 2.84 bits per heavy atom. The van der Waals surface area contributed by atoms with Gasteiger partial charge in [0.15, 0.2) is 0 Å². The molecule has 0 radical (unpaired) electrons.